The standard InChI is InChI=1S/C33H50N2O5/c1-30(2)17-26(18-31(3,4)34-30)39-28(36)23-12-9-22(10-13-23)11-15-25-16-14-24(21-38-25)29(37)40-27-19-32(5,6)35-33(7,8)20-27/h9-13,15,24-27,34-35H,14,16-21H2,1-8H3/b15-11+. The number of nitrogens with one attached hydrogen (secondary N) is 2. The van der Waals surface area contributed by atoms with Crippen molar-refractivity contribution >= 4 is 18.0 Å². The second-order valence-electron chi connectivity index (χ2n) is 14.8. The zero-order valence-electron chi connectivity index (χ0n) is 25.8. The van der Waals surface area contributed by atoms with Gasteiger partial charge in [-0.05, 0) is 85.9 Å². The van der Waals surface area contributed by atoms with E-state index in [4.69, 9.17) is 14.2 Å². The minimum atomic E-state index is -0.279. The fourth-order valence-electron chi connectivity index (χ4n) is 7.16. The maximum Gasteiger partial charge on any atom is 0.338 e. The van der Waals surface area contributed by atoms with Crippen LogP contribution in [0.25, 0.3) is 6.08 Å². The third kappa shape index (κ3) is 8.64. The van der Waals surface area contributed by atoms with Crippen LogP contribution >= 0.6 is 0 Å². The third-order valence-electron chi connectivity index (χ3n) is 8.16. The van der Waals surface area contributed by atoms with Gasteiger partial charge in [0.25, 0.3) is 0 Å². The highest BCUT2D eigenvalue weighted by Gasteiger charge is 2.41. The van der Waals surface area contributed by atoms with E-state index in [1.807, 2.05) is 36.4 Å². The average Bonchev–Trinajstić information content (AvgIpc) is 2.79. The van der Waals surface area contributed by atoms with E-state index in [1.54, 1.807) is 0 Å². The maximum atomic E-state index is 12.9. The predicted octanol–water partition coefficient (Wildman–Crippen LogP) is 5.81. The van der Waals surface area contributed by atoms with Crippen molar-refractivity contribution in [2.24, 2.45) is 5.92 Å². The zero-order chi connectivity index (χ0) is 29.3. The lowest BCUT2D eigenvalue weighted by Crippen LogP contribution is -2.60. The fourth-order valence-corrected chi connectivity index (χ4v) is 7.16. The molecular weight excluding hydrogens is 504 g/mol. The summed E-state index contributed by atoms with van der Waals surface area (Å²) >= 11 is 0. The van der Waals surface area contributed by atoms with Gasteiger partial charge in [0.1, 0.15) is 12.2 Å². The number of carbonyl (C=O) groups excluding carboxylic acids is 2. The van der Waals surface area contributed by atoms with Crippen LogP contribution in [0.4, 0.5) is 0 Å². The van der Waals surface area contributed by atoms with Gasteiger partial charge in [0, 0.05) is 47.8 Å². The molecule has 3 aliphatic heterocycles. The Labute approximate surface area is 240 Å². The molecule has 0 aliphatic carbocycles. The summed E-state index contributed by atoms with van der Waals surface area (Å²) in [7, 11) is 0. The minimum absolute atomic E-state index is 0.0444. The largest absolute Gasteiger partial charge is 0.462 e. The molecule has 0 amide bonds. The molecule has 2 unspecified atom stereocenters. The van der Waals surface area contributed by atoms with Gasteiger partial charge in [0.15, 0.2) is 0 Å². The molecule has 0 bridgehead atoms. The van der Waals surface area contributed by atoms with E-state index < -0.39 is 0 Å². The number of hydrogen-bond acceptors (Lipinski definition) is 7. The summed E-state index contributed by atoms with van der Waals surface area (Å²) in [6, 6.07) is 7.48. The van der Waals surface area contributed by atoms with E-state index in [-0.39, 0.29) is 58.3 Å². The van der Waals surface area contributed by atoms with Crippen molar-refractivity contribution in [1.29, 1.82) is 0 Å². The van der Waals surface area contributed by atoms with Crippen LogP contribution in [0.15, 0.2) is 30.3 Å². The number of hydrogen-bond donors (Lipinski definition) is 2. The van der Waals surface area contributed by atoms with Gasteiger partial charge in [-0.3, -0.25) is 4.79 Å². The van der Waals surface area contributed by atoms with Crippen molar-refractivity contribution in [1.82, 2.24) is 10.6 Å². The molecule has 0 radical (unpaired) electrons. The van der Waals surface area contributed by atoms with Crippen molar-refractivity contribution in [3.8, 4) is 0 Å². The molecule has 1 aromatic carbocycles. The Bertz CT molecular complexity index is 1050. The number of carbonyl (C=O) groups is 2. The van der Waals surface area contributed by atoms with E-state index in [0.29, 0.717) is 12.2 Å². The average molecular weight is 555 g/mol. The van der Waals surface area contributed by atoms with Crippen LogP contribution in [-0.2, 0) is 19.0 Å². The van der Waals surface area contributed by atoms with Crippen LogP contribution in [0, 0.1) is 5.92 Å². The summed E-state index contributed by atoms with van der Waals surface area (Å²) in [5, 5.41) is 7.25. The van der Waals surface area contributed by atoms with Gasteiger partial charge in [-0.2, -0.15) is 0 Å². The molecular formula is C33H50N2O5. The molecule has 7 heteroatoms. The highest BCUT2D eigenvalue weighted by atomic mass is 16.6. The Morgan fingerprint density at radius 3 is 1.75 bits per heavy atom. The Hall–Kier alpha value is -2.22. The molecule has 0 spiro atoms. The predicted molar refractivity (Wildman–Crippen MR) is 158 cm³/mol. The molecule has 0 saturated carbocycles. The fraction of sp³-hybridized carbons (Fsp3) is 0.697. The highest BCUT2D eigenvalue weighted by molar-refractivity contribution is 5.89. The van der Waals surface area contributed by atoms with Crippen molar-refractivity contribution in [3.63, 3.8) is 0 Å². The maximum absolute atomic E-state index is 12.9. The summed E-state index contributed by atoms with van der Waals surface area (Å²) in [5.41, 5.74) is 1.26. The molecule has 4 rings (SSSR count). The summed E-state index contributed by atoms with van der Waals surface area (Å²) in [5.74, 6) is -0.633. The Morgan fingerprint density at radius 1 is 0.775 bits per heavy atom. The van der Waals surface area contributed by atoms with Gasteiger partial charge < -0.3 is 24.8 Å². The van der Waals surface area contributed by atoms with E-state index in [9.17, 15) is 9.59 Å². The lowest BCUT2D eigenvalue weighted by atomic mass is 9.81. The molecule has 1 aromatic rings. The van der Waals surface area contributed by atoms with Crippen LogP contribution < -0.4 is 10.6 Å². The van der Waals surface area contributed by atoms with E-state index in [0.717, 1.165) is 44.1 Å². The van der Waals surface area contributed by atoms with Crippen molar-refractivity contribution < 1.29 is 23.8 Å². The Balaban J connectivity index is 1.23. The van der Waals surface area contributed by atoms with Crippen LogP contribution in [0.3, 0.4) is 0 Å². The third-order valence-corrected chi connectivity index (χ3v) is 8.16. The molecule has 2 atom stereocenters. The number of esters is 2. The number of piperidine rings is 2. The molecule has 3 fully saturated rings. The zero-order valence-corrected chi connectivity index (χ0v) is 25.8. The molecule has 2 N–H and O–H groups in total. The van der Waals surface area contributed by atoms with Gasteiger partial charge in [0.2, 0.25) is 0 Å². The molecule has 222 valence electrons. The first-order valence-corrected chi connectivity index (χ1v) is 14.9. The lowest BCUT2D eigenvalue weighted by molar-refractivity contribution is -0.163. The summed E-state index contributed by atoms with van der Waals surface area (Å²) < 4.78 is 17.8. The van der Waals surface area contributed by atoms with Crippen LogP contribution in [-0.4, -0.2) is 59.0 Å². The first-order valence-electron chi connectivity index (χ1n) is 14.9. The van der Waals surface area contributed by atoms with Crippen molar-refractivity contribution in [2.75, 3.05) is 6.61 Å². The lowest BCUT2D eigenvalue weighted by Gasteiger charge is -2.46. The normalized spacial score (nSPS) is 28.2. The first kappa shape index (κ1) is 30.7. The Kier molecular flexibility index (Phi) is 8.89. The SMILES string of the molecule is CC1(C)CC(OC(=O)c2ccc(/C=C/C3CCC(C(=O)OC4CC(C)(C)NC(C)(C)C4)CO3)cc2)CC(C)(C)N1. The highest BCUT2D eigenvalue weighted by Crippen LogP contribution is 2.33. The number of rotatable bonds is 6. The minimum Gasteiger partial charge on any atom is -0.462 e. The van der Waals surface area contributed by atoms with Gasteiger partial charge in [-0.1, -0.05) is 24.3 Å². The molecule has 40 heavy (non-hydrogen) atoms. The summed E-state index contributed by atoms with van der Waals surface area (Å²) in [6.07, 6.45) is 8.54. The van der Waals surface area contributed by atoms with E-state index >= 15 is 0 Å². The molecule has 3 heterocycles. The van der Waals surface area contributed by atoms with Gasteiger partial charge in [0.05, 0.1) is 24.2 Å². The number of ether oxygens (including phenoxy) is 3. The van der Waals surface area contributed by atoms with Gasteiger partial charge >= 0.3 is 11.9 Å². The summed E-state index contributed by atoms with van der Waals surface area (Å²) in [6.45, 7) is 17.6. The van der Waals surface area contributed by atoms with E-state index in [2.05, 4.69) is 66.0 Å². The van der Waals surface area contributed by atoms with Crippen molar-refractivity contribution in [2.45, 2.75) is 134 Å². The smallest absolute Gasteiger partial charge is 0.338 e. The monoisotopic (exact) mass is 554 g/mol. The molecule has 7 nitrogen and oxygen atoms in total. The summed E-state index contributed by atoms with van der Waals surface area (Å²) in [4.78, 5) is 25.7. The van der Waals surface area contributed by atoms with Gasteiger partial charge in [-0.25, -0.2) is 4.79 Å². The second-order valence-corrected chi connectivity index (χ2v) is 14.8. The van der Waals surface area contributed by atoms with Crippen LogP contribution in [0.2, 0.25) is 0 Å². The number of benzene rings is 1. The quantitative estimate of drug-likeness (QED) is 0.429. The molecule has 3 saturated heterocycles. The molecule has 0 aromatic heterocycles. The second kappa shape index (κ2) is 11.6. The molecule has 3 aliphatic rings. The Morgan fingerprint density at radius 2 is 1.27 bits per heavy atom. The van der Waals surface area contributed by atoms with E-state index in [1.165, 1.54) is 0 Å². The topological polar surface area (TPSA) is 85.9 Å². The van der Waals surface area contributed by atoms with Crippen LogP contribution in [0.1, 0.15) is 110 Å². The van der Waals surface area contributed by atoms with Crippen molar-refractivity contribution in [3.05, 3.63) is 41.5 Å². The van der Waals surface area contributed by atoms with Crippen LogP contribution in [0.5, 0.6) is 0 Å². The van der Waals surface area contributed by atoms with Gasteiger partial charge in [-0.15, -0.1) is 0 Å². The first-order chi connectivity index (χ1) is 18.5.